The number of amides is 1. The van der Waals surface area contributed by atoms with Crippen molar-refractivity contribution in [3.05, 3.63) is 71.9 Å². The third kappa shape index (κ3) is 4.37. The van der Waals surface area contributed by atoms with Crippen LogP contribution in [0.5, 0.6) is 5.75 Å². The van der Waals surface area contributed by atoms with Gasteiger partial charge in [-0.15, -0.1) is 0 Å². The van der Waals surface area contributed by atoms with Crippen LogP contribution in [0.25, 0.3) is 0 Å². The zero-order valence-corrected chi connectivity index (χ0v) is 18.8. The molecule has 1 aliphatic rings. The highest BCUT2D eigenvalue weighted by atomic mass is 16.5. The Morgan fingerprint density at radius 1 is 1.06 bits per heavy atom. The third-order valence-electron chi connectivity index (χ3n) is 5.57. The van der Waals surface area contributed by atoms with E-state index in [0.717, 1.165) is 17.7 Å². The van der Waals surface area contributed by atoms with Crippen LogP contribution in [0.3, 0.4) is 0 Å². The quantitative estimate of drug-likeness (QED) is 0.592. The van der Waals surface area contributed by atoms with Crippen molar-refractivity contribution in [2.24, 2.45) is 0 Å². The molecule has 1 amide bonds. The van der Waals surface area contributed by atoms with Crippen LogP contribution in [0.2, 0.25) is 0 Å². The van der Waals surface area contributed by atoms with Crippen LogP contribution in [0.1, 0.15) is 42.3 Å². The number of rotatable bonds is 7. The van der Waals surface area contributed by atoms with Gasteiger partial charge in [-0.1, -0.05) is 49.4 Å². The molecular formula is C25H29N5O2. The average molecular weight is 432 g/mol. The number of hydrogen-bond acceptors (Lipinski definition) is 6. The van der Waals surface area contributed by atoms with Crippen LogP contribution in [0.15, 0.2) is 60.8 Å². The molecule has 0 spiro atoms. The summed E-state index contributed by atoms with van der Waals surface area (Å²) in [6, 6.07) is 17.9. The summed E-state index contributed by atoms with van der Waals surface area (Å²) in [7, 11) is 1.95. The van der Waals surface area contributed by atoms with E-state index in [9.17, 15) is 4.79 Å². The smallest absolute Gasteiger partial charge is 0.263 e. The number of likely N-dealkylation sites (N-methyl/N-ethyl adjacent to an activating group) is 1. The lowest BCUT2D eigenvalue weighted by molar-refractivity contribution is 0.0988. The molecular weight excluding hydrogens is 402 g/mol. The predicted octanol–water partition coefficient (Wildman–Crippen LogP) is 4.54. The first-order valence-electron chi connectivity index (χ1n) is 11.1. The molecule has 1 aromatic heterocycles. The molecule has 0 aliphatic carbocycles. The highest BCUT2D eigenvalue weighted by molar-refractivity contribution is 6.10. The van der Waals surface area contributed by atoms with E-state index in [1.165, 1.54) is 0 Å². The van der Waals surface area contributed by atoms with Crippen molar-refractivity contribution in [3.8, 4) is 5.75 Å². The second-order valence-corrected chi connectivity index (χ2v) is 7.73. The van der Waals surface area contributed by atoms with Gasteiger partial charge >= 0.3 is 0 Å². The fourth-order valence-corrected chi connectivity index (χ4v) is 3.88. The summed E-state index contributed by atoms with van der Waals surface area (Å²) in [6.45, 7) is 5.97. The first kappa shape index (κ1) is 21.6. The van der Waals surface area contributed by atoms with Crippen molar-refractivity contribution in [2.45, 2.75) is 26.4 Å². The molecule has 1 N–H and O–H groups in total. The van der Waals surface area contributed by atoms with Gasteiger partial charge in [0.1, 0.15) is 23.2 Å². The van der Waals surface area contributed by atoms with E-state index < -0.39 is 0 Å². The Balaban J connectivity index is 1.67. The Bertz CT molecular complexity index is 1070. The number of anilines is 3. The summed E-state index contributed by atoms with van der Waals surface area (Å²) in [6.07, 6.45) is 2.33. The van der Waals surface area contributed by atoms with Crippen molar-refractivity contribution in [3.63, 3.8) is 0 Å². The van der Waals surface area contributed by atoms with Gasteiger partial charge in [0.2, 0.25) is 5.95 Å². The SMILES string of the molecule is CCNc1ncc2c(n1)N(C)CCN(c1ccccc1OC(CC)c1ccccc1)C2=O. The van der Waals surface area contributed by atoms with Crippen LogP contribution in [-0.2, 0) is 0 Å². The Morgan fingerprint density at radius 2 is 1.81 bits per heavy atom. The van der Waals surface area contributed by atoms with E-state index in [1.807, 2.05) is 61.3 Å². The normalized spacial score (nSPS) is 14.5. The molecule has 0 fully saturated rings. The topological polar surface area (TPSA) is 70.6 Å². The summed E-state index contributed by atoms with van der Waals surface area (Å²) < 4.78 is 6.44. The van der Waals surface area contributed by atoms with Crippen LogP contribution in [0.4, 0.5) is 17.5 Å². The van der Waals surface area contributed by atoms with Gasteiger partial charge in [0.25, 0.3) is 5.91 Å². The van der Waals surface area contributed by atoms with E-state index in [1.54, 1.807) is 11.1 Å². The lowest BCUT2D eigenvalue weighted by Crippen LogP contribution is -2.34. The molecule has 0 saturated heterocycles. The molecule has 32 heavy (non-hydrogen) atoms. The number of hydrogen-bond donors (Lipinski definition) is 1. The zero-order valence-electron chi connectivity index (χ0n) is 18.8. The van der Waals surface area contributed by atoms with E-state index in [-0.39, 0.29) is 12.0 Å². The minimum atomic E-state index is -0.129. The largest absolute Gasteiger partial charge is 0.484 e. The molecule has 1 unspecified atom stereocenters. The van der Waals surface area contributed by atoms with Gasteiger partial charge in [0.15, 0.2) is 0 Å². The second-order valence-electron chi connectivity index (χ2n) is 7.73. The van der Waals surface area contributed by atoms with Gasteiger partial charge in [-0.3, -0.25) is 4.79 Å². The molecule has 1 aliphatic heterocycles. The number of para-hydroxylation sites is 2. The van der Waals surface area contributed by atoms with Crippen LogP contribution in [-0.4, -0.2) is 42.6 Å². The standard InChI is InChI=1S/C25H29N5O2/c1-4-21(18-11-7-6-8-12-18)32-22-14-10-9-13-20(22)30-16-15-29(3)23-19(24(30)31)17-27-25(28-23)26-5-2/h6-14,17,21H,4-5,15-16H2,1-3H3,(H,26,27,28). The zero-order chi connectivity index (χ0) is 22.5. The Morgan fingerprint density at radius 3 is 2.56 bits per heavy atom. The number of aromatic nitrogens is 2. The lowest BCUT2D eigenvalue weighted by atomic mass is 10.1. The first-order valence-corrected chi connectivity index (χ1v) is 11.1. The number of ether oxygens (including phenoxy) is 1. The Hall–Kier alpha value is -3.61. The van der Waals surface area contributed by atoms with Crippen molar-refractivity contribution in [1.29, 1.82) is 0 Å². The van der Waals surface area contributed by atoms with Crippen molar-refractivity contribution >= 4 is 23.4 Å². The second kappa shape index (κ2) is 9.68. The maximum atomic E-state index is 13.6. The number of nitrogens with one attached hydrogen (secondary N) is 1. The van der Waals surface area contributed by atoms with Gasteiger partial charge in [0, 0.05) is 32.9 Å². The fourth-order valence-electron chi connectivity index (χ4n) is 3.88. The van der Waals surface area contributed by atoms with Gasteiger partial charge in [-0.2, -0.15) is 4.98 Å². The molecule has 7 heteroatoms. The van der Waals surface area contributed by atoms with Gasteiger partial charge in [-0.25, -0.2) is 4.98 Å². The molecule has 7 nitrogen and oxygen atoms in total. The highest BCUT2D eigenvalue weighted by Gasteiger charge is 2.30. The minimum Gasteiger partial charge on any atom is -0.484 e. The van der Waals surface area contributed by atoms with Gasteiger partial charge < -0.3 is 19.9 Å². The number of fused-ring (bicyclic) bond motifs is 1. The number of benzene rings is 2. The van der Waals surface area contributed by atoms with E-state index in [0.29, 0.717) is 42.7 Å². The molecule has 0 radical (unpaired) electrons. The molecule has 2 aromatic carbocycles. The van der Waals surface area contributed by atoms with Gasteiger partial charge in [0.05, 0.1) is 5.69 Å². The monoisotopic (exact) mass is 431 g/mol. The van der Waals surface area contributed by atoms with Gasteiger partial charge in [-0.05, 0) is 31.0 Å². The molecule has 0 bridgehead atoms. The molecule has 2 heterocycles. The maximum absolute atomic E-state index is 13.6. The maximum Gasteiger partial charge on any atom is 0.263 e. The minimum absolute atomic E-state index is 0.0969. The van der Waals surface area contributed by atoms with Crippen LogP contribution >= 0.6 is 0 Å². The van der Waals surface area contributed by atoms with E-state index in [2.05, 4.69) is 34.3 Å². The fraction of sp³-hybridized carbons (Fsp3) is 0.320. The number of carbonyl (C=O) groups excluding carboxylic acids is 1. The molecule has 166 valence electrons. The van der Waals surface area contributed by atoms with Crippen LogP contribution < -0.4 is 19.9 Å². The first-order chi connectivity index (χ1) is 15.6. The molecule has 1 atom stereocenters. The summed E-state index contributed by atoms with van der Waals surface area (Å²) in [5.41, 5.74) is 2.35. The van der Waals surface area contributed by atoms with Crippen molar-refractivity contribution in [2.75, 3.05) is 41.8 Å². The molecule has 0 saturated carbocycles. The highest BCUT2D eigenvalue weighted by Crippen LogP contribution is 2.35. The lowest BCUT2D eigenvalue weighted by Gasteiger charge is -2.26. The van der Waals surface area contributed by atoms with E-state index >= 15 is 0 Å². The summed E-state index contributed by atoms with van der Waals surface area (Å²) in [4.78, 5) is 26.2. The summed E-state index contributed by atoms with van der Waals surface area (Å²) >= 11 is 0. The predicted molar refractivity (Wildman–Crippen MR) is 128 cm³/mol. The third-order valence-corrected chi connectivity index (χ3v) is 5.57. The number of nitrogens with zero attached hydrogens (tertiary/aromatic N) is 4. The summed E-state index contributed by atoms with van der Waals surface area (Å²) in [5.74, 6) is 1.72. The van der Waals surface area contributed by atoms with Crippen LogP contribution in [0, 0.1) is 0 Å². The van der Waals surface area contributed by atoms with Crippen molar-refractivity contribution in [1.82, 2.24) is 9.97 Å². The number of carbonyl (C=O) groups is 1. The van der Waals surface area contributed by atoms with E-state index in [4.69, 9.17) is 4.74 Å². The molecule has 3 aromatic rings. The molecule has 4 rings (SSSR count). The summed E-state index contributed by atoms with van der Waals surface area (Å²) in [5, 5.41) is 3.12. The van der Waals surface area contributed by atoms with Crippen molar-refractivity contribution < 1.29 is 9.53 Å². The average Bonchev–Trinajstić information content (AvgIpc) is 2.95. The Kier molecular flexibility index (Phi) is 6.54. The Labute approximate surface area is 189 Å².